The first-order chi connectivity index (χ1) is 11.5. The first kappa shape index (κ1) is 16.7. The van der Waals surface area contributed by atoms with Gasteiger partial charge in [-0.15, -0.1) is 11.3 Å². The zero-order chi connectivity index (χ0) is 17.0. The lowest BCUT2D eigenvalue weighted by Crippen LogP contribution is -2.32. The van der Waals surface area contributed by atoms with E-state index in [0.29, 0.717) is 18.2 Å². The van der Waals surface area contributed by atoms with Gasteiger partial charge in [-0.1, -0.05) is 13.8 Å². The molecule has 128 valence electrons. The highest BCUT2D eigenvalue weighted by atomic mass is 32.1. The van der Waals surface area contributed by atoms with Gasteiger partial charge in [0.1, 0.15) is 0 Å². The van der Waals surface area contributed by atoms with Crippen molar-refractivity contribution in [2.24, 2.45) is 0 Å². The van der Waals surface area contributed by atoms with Crippen LogP contribution in [0, 0.1) is 0 Å². The number of anilines is 2. The quantitative estimate of drug-likeness (QED) is 0.726. The molecule has 2 aromatic rings. The van der Waals surface area contributed by atoms with E-state index in [1.54, 1.807) is 23.7 Å². The number of thiazole rings is 1. The van der Waals surface area contributed by atoms with Gasteiger partial charge in [-0.3, -0.25) is 10.3 Å². The van der Waals surface area contributed by atoms with Crippen LogP contribution in [0.4, 0.5) is 15.6 Å². The number of hydrogen-bond acceptors (Lipinski definition) is 5. The first-order valence-corrected chi connectivity index (χ1v) is 9.05. The summed E-state index contributed by atoms with van der Waals surface area (Å²) < 4.78 is 0. The molecule has 7 heteroatoms. The number of pyridine rings is 1. The minimum Gasteiger partial charge on any atom is -0.383 e. The van der Waals surface area contributed by atoms with Crippen molar-refractivity contribution in [3.63, 3.8) is 0 Å². The van der Waals surface area contributed by atoms with Gasteiger partial charge in [-0.25, -0.2) is 9.78 Å². The highest BCUT2D eigenvalue weighted by Crippen LogP contribution is 2.40. The van der Waals surface area contributed by atoms with Gasteiger partial charge in [0.2, 0.25) is 0 Å². The Morgan fingerprint density at radius 3 is 2.83 bits per heavy atom. The molecule has 0 bridgehead atoms. The van der Waals surface area contributed by atoms with Crippen molar-refractivity contribution in [1.29, 1.82) is 0 Å². The normalized spacial score (nSPS) is 15.4. The number of fused-ring (bicyclic) bond motifs is 1. The van der Waals surface area contributed by atoms with Crippen LogP contribution >= 0.6 is 11.3 Å². The van der Waals surface area contributed by atoms with Gasteiger partial charge in [0.05, 0.1) is 5.69 Å². The maximum Gasteiger partial charge on any atom is 0.321 e. The van der Waals surface area contributed by atoms with E-state index in [9.17, 15) is 4.79 Å². The molecular formula is C17H23N5OS. The molecule has 2 aromatic heterocycles. The second-order valence-electron chi connectivity index (χ2n) is 6.57. The molecule has 0 saturated heterocycles. The lowest BCUT2D eigenvalue weighted by Gasteiger charge is -2.27. The molecule has 0 fully saturated rings. The summed E-state index contributed by atoms with van der Waals surface area (Å²) in [6.07, 6.45) is 6.86. The fourth-order valence-corrected chi connectivity index (χ4v) is 4.09. The largest absolute Gasteiger partial charge is 0.383 e. The zero-order valence-electron chi connectivity index (χ0n) is 14.1. The third-order valence-corrected chi connectivity index (χ3v) is 5.22. The monoisotopic (exact) mass is 345 g/mol. The van der Waals surface area contributed by atoms with Crippen LogP contribution in [-0.4, -0.2) is 29.1 Å². The second-order valence-corrected chi connectivity index (χ2v) is 7.66. The van der Waals surface area contributed by atoms with Gasteiger partial charge in [0, 0.05) is 41.5 Å². The lowest BCUT2D eigenvalue weighted by molar-refractivity contribution is 0.252. The van der Waals surface area contributed by atoms with E-state index < -0.39 is 0 Å². The fraction of sp³-hybridized carbons (Fsp3) is 0.471. The van der Waals surface area contributed by atoms with E-state index in [1.165, 1.54) is 11.3 Å². The van der Waals surface area contributed by atoms with Crippen molar-refractivity contribution in [2.45, 2.75) is 38.5 Å². The maximum absolute atomic E-state index is 12.0. The van der Waals surface area contributed by atoms with Crippen LogP contribution in [0.5, 0.6) is 0 Å². The number of nitrogens with zero attached hydrogens (tertiary/aromatic N) is 2. The summed E-state index contributed by atoms with van der Waals surface area (Å²) in [5.74, 6) is 0. The smallest absolute Gasteiger partial charge is 0.321 e. The van der Waals surface area contributed by atoms with E-state index >= 15 is 0 Å². The number of hydrogen-bond donors (Lipinski definition) is 3. The van der Waals surface area contributed by atoms with Crippen LogP contribution in [0.3, 0.4) is 0 Å². The summed E-state index contributed by atoms with van der Waals surface area (Å²) in [6, 6.07) is 3.57. The molecule has 0 atom stereocenters. The van der Waals surface area contributed by atoms with E-state index in [4.69, 9.17) is 0 Å². The van der Waals surface area contributed by atoms with Crippen LogP contribution in [0.25, 0.3) is 0 Å². The van der Waals surface area contributed by atoms with Gasteiger partial charge >= 0.3 is 6.03 Å². The Labute approximate surface area is 146 Å². The number of carbonyl (C=O) groups excluding carboxylic acids is 1. The average Bonchev–Trinajstić information content (AvgIpc) is 2.96. The molecule has 0 aromatic carbocycles. The van der Waals surface area contributed by atoms with Gasteiger partial charge in [0.25, 0.3) is 0 Å². The summed E-state index contributed by atoms with van der Waals surface area (Å²) >= 11 is 1.60. The number of carbonyl (C=O) groups is 1. The van der Waals surface area contributed by atoms with Gasteiger partial charge in [-0.2, -0.15) is 0 Å². The van der Waals surface area contributed by atoms with Crippen molar-refractivity contribution in [1.82, 2.24) is 15.3 Å². The van der Waals surface area contributed by atoms with Crippen molar-refractivity contribution < 1.29 is 4.79 Å². The molecular weight excluding hydrogens is 322 g/mol. The molecule has 1 aliphatic rings. The molecule has 0 spiro atoms. The fourth-order valence-electron chi connectivity index (χ4n) is 2.91. The number of urea groups is 1. The number of rotatable bonds is 5. The second kappa shape index (κ2) is 7.17. The summed E-state index contributed by atoms with van der Waals surface area (Å²) in [7, 11) is 0. The van der Waals surface area contributed by atoms with Crippen molar-refractivity contribution in [3.05, 3.63) is 35.1 Å². The third kappa shape index (κ3) is 4.03. The molecule has 2 heterocycles. The molecule has 0 saturated carbocycles. The maximum atomic E-state index is 12.0. The van der Waals surface area contributed by atoms with E-state index in [0.717, 1.165) is 24.2 Å². The lowest BCUT2D eigenvalue weighted by atomic mass is 9.79. The summed E-state index contributed by atoms with van der Waals surface area (Å²) in [5.41, 5.74) is 2.24. The Bertz CT molecular complexity index is 698. The van der Waals surface area contributed by atoms with Crippen LogP contribution in [0.1, 0.15) is 37.3 Å². The van der Waals surface area contributed by atoms with Gasteiger partial charge in [-0.05, 0) is 31.4 Å². The predicted molar refractivity (Wildman–Crippen MR) is 97.8 cm³/mol. The predicted octanol–water partition coefficient (Wildman–Crippen LogP) is 3.39. The molecule has 6 nitrogen and oxygen atoms in total. The van der Waals surface area contributed by atoms with Gasteiger partial charge < -0.3 is 10.6 Å². The van der Waals surface area contributed by atoms with E-state index in [2.05, 4.69) is 39.8 Å². The van der Waals surface area contributed by atoms with Crippen LogP contribution in [-0.2, 0) is 11.8 Å². The van der Waals surface area contributed by atoms with Crippen molar-refractivity contribution in [3.8, 4) is 0 Å². The molecule has 0 aliphatic heterocycles. The Morgan fingerprint density at radius 1 is 1.29 bits per heavy atom. The topological polar surface area (TPSA) is 78.9 Å². The Kier molecular flexibility index (Phi) is 4.99. The van der Waals surface area contributed by atoms with Crippen LogP contribution in [0.2, 0.25) is 0 Å². The molecule has 3 N–H and O–H groups in total. The molecule has 3 rings (SSSR count). The van der Waals surface area contributed by atoms with Crippen LogP contribution in [0.15, 0.2) is 24.5 Å². The number of aromatic nitrogens is 2. The summed E-state index contributed by atoms with van der Waals surface area (Å²) in [5, 5.41) is 9.60. The molecule has 24 heavy (non-hydrogen) atoms. The number of nitrogens with one attached hydrogen (secondary N) is 3. The van der Waals surface area contributed by atoms with Gasteiger partial charge in [0.15, 0.2) is 5.13 Å². The van der Waals surface area contributed by atoms with E-state index in [1.807, 2.05) is 12.1 Å². The Morgan fingerprint density at radius 2 is 2.08 bits per heavy atom. The number of aryl methyl sites for hydroxylation is 1. The molecule has 0 unspecified atom stereocenters. The SMILES string of the molecule is CC1(C)CCCc2sc(NC(=O)NCCNc3ccncc3)nc21. The standard InChI is InChI=1S/C17H23N5OS/c1-17(2)7-3-4-13-14(17)21-16(24-13)22-15(23)20-11-10-19-12-5-8-18-9-6-12/h5-6,8-9H,3-4,7,10-11H2,1-2H3,(H,18,19)(H2,20,21,22,23). The van der Waals surface area contributed by atoms with Crippen molar-refractivity contribution >= 4 is 28.2 Å². The highest BCUT2D eigenvalue weighted by molar-refractivity contribution is 7.15. The molecule has 2 amide bonds. The molecule has 1 aliphatic carbocycles. The highest BCUT2D eigenvalue weighted by Gasteiger charge is 2.31. The minimum atomic E-state index is -0.213. The van der Waals surface area contributed by atoms with Crippen LogP contribution < -0.4 is 16.0 Å². The first-order valence-electron chi connectivity index (χ1n) is 8.23. The third-order valence-electron chi connectivity index (χ3n) is 4.18. The number of amides is 2. The summed E-state index contributed by atoms with van der Waals surface area (Å²) in [6.45, 7) is 5.63. The molecule has 0 radical (unpaired) electrons. The minimum absolute atomic E-state index is 0.106. The Balaban J connectivity index is 1.46. The average molecular weight is 345 g/mol. The van der Waals surface area contributed by atoms with Crippen molar-refractivity contribution in [2.75, 3.05) is 23.7 Å². The Hall–Kier alpha value is -2.15. The van der Waals surface area contributed by atoms with E-state index in [-0.39, 0.29) is 11.4 Å². The summed E-state index contributed by atoms with van der Waals surface area (Å²) in [4.78, 5) is 21.9. The zero-order valence-corrected chi connectivity index (χ0v) is 14.9.